The smallest absolute Gasteiger partial charge is 0.0586 e. The van der Waals surface area contributed by atoms with Crippen LogP contribution in [0.5, 0.6) is 0 Å². The first-order valence-corrected chi connectivity index (χ1v) is 5.38. The van der Waals surface area contributed by atoms with Crippen molar-refractivity contribution in [1.29, 1.82) is 0 Å². The van der Waals surface area contributed by atoms with Gasteiger partial charge in [-0.25, -0.2) is 0 Å². The Balaban J connectivity index is 2.14. The summed E-state index contributed by atoms with van der Waals surface area (Å²) >= 11 is 2.29. The van der Waals surface area contributed by atoms with E-state index in [0.717, 1.165) is 11.4 Å². The summed E-state index contributed by atoms with van der Waals surface area (Å²) in [5.74, 6) is 1.51. The number of halogens is 1. The third-order valence-corrected chi connectivity index (χ3v) is 2.98. The van der Waals surface area contributed by atoms with Crippen LogP contribution < -0.4 is 11.1 Å². The van der Waals surface area contributed by atoms with E-state index >= 15 is 0 Å². The number of rotatable bonds is 2. The molecular weight excluding hydrogens is 275 g/mol. The average Bonchev–Trinajstić information content (AvgIpc) is 2.75. The summed E-state index contributed by atoms with van der Waals surface area (Å²) in [4.78, 5) is 0. The molecule has 13 heavy (non-hydrogen) atoms. The molecule has 0 spiro atoms. The molecule has 1 aromatic rings. The summed E-state index contributed by atoms with van der Waals surface area (Å²) < 4.78 is 1.22. The van der Waals surface area contributed by atoms with E-state index < -0.39 is 0 Å². The lowest BCUT2D eigenvalue weighted by molar-refractivity contribution is 1.16. The molecule has 2 rings (SSSR count). The van der Waals surface area contributed by atoms with Gasteiger partial charge in [0.25, 0.3) is 0 Å². The number of nitrogens with two attached hydrogens (primary N) is 1. The van der Waals surface area contributed by atoms with Gasteiger partial charge in [-0.2, -0.15) is 0 Å². The lowest BCUT2D eigenvalue weighted by atomic mass is 10.2. The molecule has 1 aliphatic carbocycles. The number of hydrogen-bond acceptors (Lipinski definition) is 2. The minimum absolute atomic E-state index is 0.556. The monoisotopic (exact) mass is 287 g/mol. The van der Waals surface area contributed by atoms with E-state index in [9.17, 15) is 0 Å². The Bertz CT molecular complexity index is 325. The van der Waals surface area contributed by atoms with Crippen molar-refractivity contribution in [3.8, 4) is 0 Å². The van der Waals surface area contributed by atoms with Crippen LogP contribution in [-0.4, -0.2) is 6.04 Å². The molecule has 1 atom stereocenters. The van der Waals surface area contributed by atoms with Crippen LogP contribution in [0.4, 0.5) is 11.4 Å². The predicted octanol–water partition coefficient (Wildman–Crippen LogP) is 2.65. The van der Waals surface area contributed by atoms with E-state index in [-0.39, 0.29) is 0 Å². The Morgan fingerprint density at radius 2 is 2.23 bits per heavy atom. The van der Waals surface area contributed by atoms with E-state index in [1.165, 1.54) is 15.9 Å². The highest BCUT2D eigenvalue weighted by Gasteiger charge is 2.33. The quantitative estimate of drug-likeness (QED) is 0.648. The van der Waals surface area contributed by atoms with Crippen molar-refractivity contribution in [2.75, 3.05) is 11.1 Å². The van der Waals surface area contributed by atoms with E-state index in [1.54, 1.807) is 0 Å². The summed E-state index contributed by atoms with van der Waals surface area (Å²) in [6.45, 7) is 2.17. The van der Waals surface area contributed by atoms with E-state index in [0.29, 0.717) is 6.04 Å². The largest absolute Gasteiger partial charge is 0.397 e. The van der Waals surface area contributed by atoms with Crippen LogP contribution in [0, 0.1) is 9.49 Å². The summed E-state index contributed by atoms with van der Waals surface area (Å²) in [6, 6.07) is 6.61. The number of anilines is 2. The van der Waals surface area contributed by atoms with Crippen LogP contribution in [0.1, 0.15) is 13.3 Å². The molecule has 1 aliphatic rings. The van der Waals surface area contributed by atoms with Crippen molar-refractivity contribution in [3.63, 3.8) is 0 Å². The first kappa shape index (κ1) is 9.12. The molecule has 0 aromatic heterocycles. The van der Waals surface area contributed by atoms with Crippen LogP contribution in [0.25, 0.3) is 0 Å². The molecule has 1 aromatic carbocycles. The van der Waals surface area contributed by atoms with Gasteiger partial charge in [0.15, 0.2) is 0 Å². The first-order chi connectivity index (χ1) is 6.16. The topological polar surface area (TPSA) is 38.0 Å². The molecule has 3 heteroatoms. The number of nitrogen functional groups attached to an aromatic ring is 1. The maximum Gasteiger partial charge on any atom is 0.0586 e. The van der Waals surface area contributed by atoms with Crippen LogP contribution in [0.3, 0.4) is 0 Å². The second-order valence-electron chi connectivity index (χ2n) is 3.48. The summed E-state index contributed by atoms with van der Waals surface area (Å²) in [7, 11) is 0. The fourth-order valence-corrected chi connectivity index (χ4v) is 1.77. The van der Waals surface area contributed by atoms with Crippen LogP contribution in [-0.2, 0) is 0 Å². The van der Waals surface area contributed by atoms with Gasteiger partial charge >= 0.3 is 0 Å². The highest BCUT2D eigenvalue weighted by atomic mass is 127. The zero-order valence-corrected chi connectivity index (χ0v) is 9.63. The van der Waals surface area contributed by atoms with E-state index in [2.05, 4.69) is 40.9 Å². The van der Waals surface area contributed by atoms with Crippen LogP contribution >= 0.6 is 22.6 Å². The van der Waals surface area contributed by atoms with Gasteiger partial charge in [-0.3, -0.25) is 0 Å². The highest BCUT2D eigenvalue weighted by molar-refractivity contribution is 14.1. The van der Waals surface area contributed by atoms with Gasteiger partial charge in [-0.1, -0.05) is 6.92 Å². The Morgan fingerprint density at radius 1 is 1.54 bits per heavy atom. The van der Waals surface area contributed by atoms with Crippen molar-refractivity contribution in [2.24, 2.45) is 0 Å². The molecule has 0 unspecified atom stereocenters. The lowest BCUT2D eigenvalue weighted by Crippen LogP contribution is -2.05. The molecule has 0 bridgehead atoms. The van der Waals surface area contributed by atoms with Gasteiger partial charge in [0.2, 0.25) is 0 Å². The fourth-order valence-electron chi connectivity index (χ4n) is 1.28. The summed E-state index contributed by atoms with van der Waals surface area (Å²) in [5.41, 5.74) is 7.73. The molecule has 0 heterocycles. The molecule has 2 nitrogen and oxygen atoms in total. The van der Waals surface area contributed by atoms with Crippen LogP contribution in [0.15, 0.2) is 18.2 Å². The Labute approximate surface area is 92.0 Å². The highest BCUT2D eigenvalue weighted by Crippen LogP contribution is 2.36. The number of benzene rings is 1. The maximum absolute atomic E-state index is 5.84. The lowest BCUT2D eigenvalue weighted by Gasteiger charge is -2.08. The SMILES string of the molecule is C[C]1C[C@@H]1Nc1cc(I)ccc1N. The Kier molecular flexibility index (Phi) is 2.36. The average molecular weight is 287 g/mol. The van der Waals surface area contributed by atoms with Crippen molar-refractivity contribution < 1.29 is 0 Å². The van der Waals surface area contributed by atoms with Gasteiger partial charge in [0.05, 0.1) is 11.4 Å². The minimum atomic E-state index is 0.556. The van der Waals surface area contributed by atoms with Crippen LogP contribution in [0.2, 0.25) is 0 Å². The molecular formula is C10H12IN2. The van der Waals surface area contributed by atoms with Crippen molar-refractivity contribution >= 4 is 34.0 Å². The molecule has 1 radical (unpaired) electrons. The van der Waals surface area contributed by atoms with E-state index in [1.807, 2.05) is 12.1 Å². The van der Waals surface area contributed by atoms with Crippen molar-refractivity contribution in [3.05, 3.63) is 27.7 Å². The van der Waals surface area contributed by atoms with Gasteiger partial charge in [-0.15, -0.1) is 0 Å². The standard InChI is InChI=1S/C10H12IN2/c1-6-4-9(6)13-10-5-7(11)2-3-8(10)12/h2-3,5,9,13H,4,12H2,1H3/t9-/m0/s1. The summed E-state index contributed by atoms with van der Waals surface area (Å²) in [6.07, 6.45) is 1.19. The van der Waals surface area contributed by atoms with Crippen molar-refractivity contribution in [1.82, 2.24) is 0 Å². The maximum atomic E-state index is 5.84. The zero-order chi connectivity index (χ0) is 9.42. The molecule has 3 N–H and O–H groups in total. The van der Waals surface area contributed by atoms with E-state index in [4.69, 9.17) is 5.73 Å². The fraction of sp³-hybridized carbons (Fsp3) is 0.300. The zero-order valence-electron chi connectivity index (χ0n) is 7.47. The van der Waals surface area contributed by atoms with Gasteiger partial charge < -0.3 is 11.1 Å². The number of nitrogens with one attached hydrogen (secondary N) is 1. The molecule has 0 aliphatic heterocycles. The predicted molar refractivity (Wildman–Crippen MR) is 64.5 cm³/mol. The van der Waals surface area contributed by atoms with Crippen molar-refractivity contribution in [2.45, 2.75) is 19.4 Å². The normalized spacial score (nSPS) is 21.5. The Morgan fingerprint density at radius 3 is 2.85 bits per heavy atom. The molecule has 0 saturated heterocycles. The third-order valence-electron chi connectivity index (χ3n) is 2.31. The molecule has 0 amide bonds. The first-order valence-electron chi connectivity index (χ1n) is 4.30. The number of hydrogen-bond donors (Lipinski definition) is 2. The van der Waals surface area contributed by atoms with Gasteiger partial charge in [0, 0.05) is 9.61 Å². The molecule has 1 fully saturated rings. The summed E-state index contributed by atoms with van der Waals surface area (Å²) in [5, 5.41) is 3.41. The Hall–Kier alpha value is -0.450. The minimum Gasteiger partial charge on any atom is -0.397 e. The van der Waals surface area contributed by atoms with Gasteiger partial charge in [-0.05, 0) is 53.1 Å². The molecule has 1 saturated carbocycles. The molecule has 69 valence electrons. The third kappa shape index (κ3) is 2.07. The second kappa shape index (κ2) is 3.36. The van der Waals surface area contributed by atoms with Gasteiger partial charge in [0.1, 0.15) is 0 Å². The second-order valence-corrected chi connectivity index (χ2v) is 4.72.